The van der Waals surface area contributed by atoms with Gasteiger partial charge in [-0.15, -0.1) is 23.5 Å². The van der Waals surface area contributed by atoms with Gasteiger partial charge in [-0.2, -0.15) is 0 Å². The van der Waals surface area contributed by atoms with Crippen molar-refractivity contribution in [1.29, 1.82) is 0 Å². The van der Waals surface area contributed by atoms with E-state index in [0.717, 1.165) is 36.1 Å². The van der Waals surface area contributed by atoms with Crippen molar-refractivity contribution in [2.75, 3.05) is 12.5 Å². The Morgan fingerprint density at radius 1 is 1.14 bits per heavy atom. The van der Waals surface area contributed by atoms with Crippen LogP contribution in [0.15, 0.2) is 49.1 Å². The summed E-state index contributed by atoms with van der Waals surface area (Å²) in [5, 5.41) is 10.9. The maximum atomic E-state index is 11.3. The third-order valence-corrected chi connectivity index (χ3v) is 6.11. The average molecular weight is 462 g/mol. The lowest BCUT2D eigenvalue weighted by atomic mass is 9.99. The number of carbonyl (C=O) groups is 1. The summed E-state index contributed by atoms with van der Waals surface area (Å²) in [5.74, 6) is 0. The molecule has 1 N–H and O–H groups in total. The van der Waals surface area contributed by atoms with Crippen molar-refractivity contribution in [3.05, 3.63) is 56.0 Å². The van der Waals surface area contributed by atoms with Crippen LogP contribution in [0.2, 0.25) is 0 Å². The number of aldehydes is 1. The molecule has 6 heteroatoms. The molecule has 2 aromatic rings. The number of thioether (sulfide) groups is 2. The minimum Gasteiger partial charge on any atom is -0.384 e. The maximum Gasteiger partial charge on any atom is 0.151 e. The summed E-state index contributed by atoms with van der Waals surface area (Å²) in [6.07, 6.45) is 3.91. The topological polar surface area (TPSA) is 37.3 Å². The van der Waals surface area contributed by atoms with Crippen molar-refractivity contribution in [2.24, 2.45) is 0 Å². The number of rotatable bonds is 5. The normalized spacial score (nSPS) is 12.2. The lowest BCUT2D eigenvalue weighted by Gasteiger charge is -2.20. The van der Waals surface area contributed by atoms with Gasteiger partial charge in [0.05, 0.1) is 0 Å². The van der Waals surface area contributed by atoms with E-state index < -0.39 is 6.10 Å². The molecule has 2 nitrogen and oxygen atoms in total. The van der Waals surface area contributed by atoms with Crippen LogP contribution in [-0.2, 0) is 0 Å². The van der Waals surface area contributed by atoms with E-state index in [9.17, 15) is 9.90 Å². The number of aliphatic hydroxyl groups is 1. The number of hydrogen-bond acceptors (Lipinski definition) is 4. The highest BCUT2D eigenvalue weighted by atomic mass is 79.9. The van der Waals surface area contributed by atoms with Gasteiger partial charge in [0, 0.05) is 29.9 Å². The van der Waals surface area contributed by atoms with Crippen molar-refractivity contribution in [2.45, 2.75) is 15.9 Å². The zero-order valence-corrected chi connectivity index (χ0v) is 16.8. The molecule has 0 saturated heterocycles. The molecule has 1 unspecified atom stereocenters. The Hall–Kier alpha value is -0.270. The number of carbonyl (C=O) groups excluding carboxylic acids is 1. The summed E-state index contributed by atoms with van der Waals surface area (Å²) in [5.41, 5.74) is 2.15. The molecule has 116 valence electrons. The molecule has 2 rings (SSSR count). The van der Waals surface area contributed by atoms with Gasteiger partial charge in [-0.05, 0) is 42.3 Å². The maximum absolute atomic E-state index is 11.3. The van der Waals surface area contributed by atoms with Crippen molar-refractivity contribution in [3.8, 4) is 0 Å². The molecular weight excluding hydrogens is 448 g/mol. The van der Waals surface area contributed by atoms with Crippen LogP contribution < -0.4 is 0 Å². The number of halogens is 2. The fourth-order valence-electron chi connectivity index (χ4n) is 2.23. The van der Waals surface area contributed by atoms with E-state index in [2.05, 4.69) is 31.9 Å². The van der Waals surface area contributed by atoms with Gasteiger partial charge in [-0.25, -0.2) is 0 Å². The summed E-state index contributed by atoms with van der Waals surface area (Å²) >= 11 is 10.0. The van der Waals surface area contributed by atoms with E-state index in [4.69, 9.17) is 0 Å². The van der Waals surface area contributed by atoms with Crippen LogP contribution in [0.5, 0.6) is 0 Å². The Bertz CT molecular complexity index is 705. The lowest BCUT2D eigenvalue weighted by molar-refractivity contribution is 0.112. The number of benzene rings is 2. The van der Waals surface area contributed by atoms with Gasteiger partial charge in [0.15, 0.2) is 6.29 Å². The quantitative estimate of drug-likeness (QED) is 0.467. The van der Waals surface area contributed by atoms with Crippen LogP contribution >= 0.6 is 55.4 Å². The fourth-order valence-corrected chi connectivity index (χ4v) is 4.88. The van der Waals surface area contributed by atoms with Crippen molar-refractivity contribution >= 4 is 61.7 Å². The van der Waals surface area contributed by atoms with Crippen LogP contribution in [0.3, 0.4) is 0 Å². The van der Waals surface area contributed by atoms with E-state index in [1.807, 2.05) is 30.7 Å². The molecular formula is C16H14Br2O2S2. The minimum atomic E-state index is -0.799. The zero-order valence-electron chi connectivity index (χ0n) is 12.0. The molecule has 0 radical (unpaired) electrons. The monoisotopic (exact) mass is 460 g/mol. The Morgan fingerprint density at radius 3 is 2.45 bits per heavy atom. The Morgan fingerprint density at radius 2 is 1.86 bits per heavy atom. The molecule has 22 heavy (non-hydrogen) atoms. The molecule has 0 amide bonds. The highest BCUT2D eigenvalue weighted by Gasteiger charge is 2.22. The molecule has 0 saturated carbocycles. The Kier molecular flexibility index (Phi) is 6.58. The molecule has 0 fully saturated rings. The first-order valence-electron chi connectivity index (χ1n) is 6.36. The predicted octanol–water partition coefficient (Wildman–Crippen LogP) is 5.55. The van der Waals surface area contributed by atoms with E-state index in [-0.39, 0.29) is 0 Å². The molecule has 1 atom stereocenters. The van der Waals surface area contributed by atoms with Gasteiger partial charge >= 0.3 is 0 Å². The SMILES string of the molecule is CSc1cc(Br)ccc1C(O)c1c(Br)ccc(C=O)c1SC. The van der Waals surface area contributed by atoms with Crippen molar-refractivity contribution in [3.63, 3.8) is 0 Å². The summed E-state index contributed by atoms with van der Waals surface area (Å²) in [7, 11) is 0. The summed E-state index contributed by atoms with van der Waals surface area (Å²) in [4.78, 5) is 13.1. The summed E-state index contributed by atoms with van der Waals surface area (Å²) < 4.78 is 1.77. The smallest absolute Gasteiger partial charge is 0.151 e. The first kappa shape index (κ1) is 18.1. The zero-order chi connectivity index (χ0) is 16.3. The fraction of sp³-hybridized carbons (Fsp3) is 0.188. The molecule has 0 aliphatic rings. The van der Waals surface area contributed by atoms with Crippen LogP contribution in [0.1, 0.15) is 27.6 Å². The number of aliphatic hydroxyl groups excluding tert-OH is 1. The van der Waals surface area contributed by atoms with Gasteiger partial charge in [-0.3, -0.25) is 4.79 Å². The highest BCUT2D eigenvalue weighted by Crippen LogP contribution is 2.40. The minimum absolute atomic E-state index is 0.590. The molecule has 0 spiro atoms. The molecule has 0 bridgehead atoms. The Balaban J connectivity index is 2.63. The van der Waals surface area contributed by atoms with E-state index in [1.54, 1.807) is 23.9 Å². The largest absolute Gasteiger partial charge is 0.384 e. The van der Waals surface area contributed by atoms with Gasteiger partial charge in [-0.1, -0.05) is 37.9 Å². The van der Waals surface area contributed by atoms with Crippen LogP contribution in [-0.4, -0.2) is 23.9 Å². The van der Waals surface area contributed by atoms with Gasteiger partial charge in [0.1, 0.15) is 6.10 Å². The molecule has 0 heterocycles. The first-order chi connectivity index (χ1) is 10.5. The molecule has 0 aromatic heterocycles. The predicted molar refractivity (Wildman–Crippen MR) is 101 cm³/mol. The number of hydrogen-bond donors (Lipinski definition) is 1. The average Bonchev–Trinajstić information content (AvgIpc) is 2.53. The second kappa shape index (κ2) is 8.02. The molecule has 0 aliphatic heterocycles. The molecule has 0 aliphatic carbocycles. The molecule has 2 aromatic carbocycles. The lowest BCUT2D eigenvalue weighted by Crippen LogP contribution is -2.06. The van der Waals surface area contributed by atoms with Crippen LogP contribution in [0.4, 0.5) is 0 Å². The van der Waals surface area contributed by atoms with Gasteiger partial charge in [0.25, 0.3) is 0 Å². The third-order valence-electron chi connectivity index (χ3n) is 3.27. The van der Waals surface area contributed by atoms with E-state index >= 15 is 0 Å². The van der Waals surface area contributed by atoms with Crippen LogP contribution in [0.25, 0.3) is 0 Å². The second-order valence-electron chi connectivity index (χ2n) is 4.49. The van der Waals surface area contributed by atoms with E-state index in [1.165, 1.54) is 11.8 Å². The highest BCUT2D eigenvalue weighted by molar-refractivity contribution is 9.10. The van der Waals surface area contributed by atoms with Crippen molar-refractivity contribution < 1.29 is 9.90 Å². The van der Waals surface area contributed by atoms with Gasteiger partial charge in [0.2, 0.25) is 0 Å². The second-order valence-corrected chi connectivity index (χ2v) is 7.92. The van der Waals surface area contributed by atoms with Crippen molar-refractivity contribution in [1.82, 2.24) is 0 Å². The summed E-state index contributed by atoms with van der Waals surface area (Å²) in [6.45, 7) is 0. The third kappa shape index (κ3) is 3.62. The van der Waals surface area contributed by atoms with Crippen LogP contribution in [0, 0.1) is 0 Å². The Labute approximate surface area is 155 Å². The standard InChI is InChI=1S/C16H14Br2O2S2/c1-21-13-7-10(17)4-5-11(13)15(20)14-12(18)6-3-9(8-19)16(14)22-2/h3-8,15,20H,1-2H3. The first-order valence-corrected chi connectivity index (χ1v) is 10.4. The van der Waals surface area contributed by atoms with E-state index in [0.29, 0.717) is 5.56 Å². The van der Waals surface area contributed by atoms with Gasteiger partial charge < -0.3 is 5.11 Å². The summed E-state index contributed by atoms with van der Waals surface area (Å²) in [6, 6.07) is 9.37.